The van der Waals surface area contributed by atoms with Crippen LogP contribution in [-0.2, 0) is 4.74 Å². The van der Waals surface area contributed by atoms with Gasteiger partial charge in [-0.15, -0.1) is 0 Å². The summed E-state index contributed by atoms with van der Waals surface area (Å²) >= 11 is 0. The van der Waals surface area contributed by atoms with Gasteiger partial charge in [0, 0.05) is 30.6 Å². The molecule has 1 aliphatic rings. The average molecular weight is 250 g/mol. The molecule has 1 saturated heterocycles. The van der Waals surface area contributed by atoms with Gasteiger partial charge >= 0.3 is 0 Å². The number of ketones is 1. The molecule has 1 aromatic rings. The van der Waals surface area contributed by atoms with Crippen LogP contribution in [0.5, 0.6) is 0 Å². The van der Waals surface area contributed by atoms with E-state index in [2.05, 4.69) is 9.88 Å². The number of hydrogen-bond donors (Lipinski definition) is 1. The molecule has 0 amide bonds. The van der Waals surface area contributed by atoms with E-state index in [1.54, 1.807) is 7.11 Å². The highest BCUT2D eigenvalue weighted by Crippen LogP contribution is 2.18. The molecule has 0 spiro atoms. The molecule has 1 atom stereocenters. The fourth-order valence-corrected chi connectivity index (χ4v) is 2.73. The number of H-pyrrole nitrogens is 1. The number of nitrogens with zero attached hydrogens (tertiary/aromatic N) is 1. The maximum Gasteiger partial charge on any atom is 0.178 e. The third kappa shape index (κ3) is 3.00. The zero-order valence-corrected chi connectivity index (χ0v) is 11.5. The Morgan fingerprint density at radius 3 is 2.94 bits per heavy atom. The molecule has 0 bridgehead atoms. The Morgan fingerprint density at radius 2 is 2.33 bits per heavy atom. The Bertz CT molecular complexity index is 425. The minimum atomic E-state index is 0.218. The first-order chi connectivity index (χ1) is 8.60. The van der Waals surface area contributed by atoms with E-state index in [9.17, 15) is 4.79 Å². The third-order valence-corrected chi connectivity index (χ3v) is 3.59. The van der Waals surface area contributed by atoms with Gasteiger partial charge in [0.25, 0.3) is 0 Å². The Kier molecular flexibility index (Phi) is 4.19. The normalized spacial score (nSPS) is 20.5. The van der Waals surface area contributed by atoms with Crippen molar-refractivity contribution in [1.82, 2.24) is 9.88 Å². The second-order valence-corrected chi connectivity index (χ2v) is 5.26. The van der Waals surface area contributed by atoms with Crippen molar-refractivity contribution in [2.24, 2.45) is 5.92 Å². The fourth-order valence-electron chi connectivity index (χ4n) is 2.73. The van der Waals surface area contributed by atoms with Gasteiger partial charge in [0.1, 0.15) is 0 Å². The number of carbonyl (C=O) groups excluding carboxylic acids is 1. The number of rotatable bonds is 5. The summed E-state index contributed by atoms with van der Waals surface area (Å²) in [6.45, 7) is 7.24. The lowest BCUT2D eigenvalue weighted by Gasteiger charge is -2.14. The number of aromatic amines is 1. The summed E-state index contributed by atoms with van der Waals surface area (Å²) in [4.78, 5) is 17.6. The fraction of sp³-hybridized carbons (Fsp3) is 0.643. The van der Waals surface area contributed by atoms with Crippen LogP contribution in [0.4, 0.5) is 0 Å². The van der Waals surface area contributed by atoms with Crippen molar-refractivity contribution in [2.45, 2.75) is 20.3 Å². The second kappa shape index (κ2) is 5.67. The smallest absolute Gasteiger partial charge is 0.178 e. The van der Waals surface area contributed by atoms with Crippen molar-refractivity contribution in [1.29, 1.82) is 0 Å². The Hall–Kier alpha value is -1.13. The van der Waals surface area contributed by atoms with Crippen LogP contribution in [-0.4, -0.2) is 49.0 Å². The second-order valence-electron chi connectivity index (χ2n) is 5.26. The molecule has 4 nitrogen and oxygen atoms in total. The Labute approximate surface area is 108 Å². The Balaban J connectivity index is 1.91. The van der Waals surface area contributed by atoms with Crippen molar-refractivity contribution in [3.05, 3.63) is 23.0 Å². The molecule has 0 aliphatic carbocycles. The van der Waals surface area contributed by atoms with Crippen molar-refractivity contribution in [3.63, 3.8) is 0 Å². The number of Topliss-reactive ketones (excluding diaryl/α,β-unsaturated/α-hetero) is 1. The van der Waals surface area contributed by atoms with Crippen molar-refractivity contribution < 1.29 is 9.53 Å². The van der Waals surface area contributed by atoms with Crippen LogP contribution < -0.4 is 0 Å². The molecule has 0 radical (unpaired) electrons. The zero-order valence-electron chi connectivity index (χ0n) is 11.5. The van der Waals surface area contributed by atoms with Gasteiger partial charge in [-0.1, -0.05) is 0 Å². The molecule has 18 heavy (non-hydrogen) atoms. The number of aryl methyl sites for hydroxylation is 2. The SMILES string of the molecule is COCC1CCN(CC(=O)c2cc(C)[nH]c2C)C1. The molecule has 1 aromatic heterocycles. The summed E-state index contributed by atoms with van der Waals surface area (Å²) in [6.07, 6.45) is 1.13. The maximum absolute atomic E-state index is 12.2. The maximum atomic E-state index is 12.2. The monoisotopic (exact) mass is 250 g/mol. The van der Waals surface area contributed by atoms with Crippen LogP contribution in [0.15, 0.2) is 6.07 Å². The van der Waals surface area contributed by atoms with E-state index in [0.717, 1.165) is 43.1 Å². The highest BCUT2D eigenvalue weighted by Gasteiger charge is 2.24. The first-order valence-corrected chi connectivity index (χ1v) is 6.51. The number of methoxy groups -OCH3 is 1. The minimum Gasteiger partial charge on any atom is -0.384 e. The van der Waals surface area contributed by atoms with Gasteiger partial charge in [-0.3, -0.25) is 9.69 Å². The Morgan fingerprint density at radius 1 is 1.56 bits per heavy atom. The summed E-state index contributed by atoms with van der Waals surface area (Å²) in [5, 5.41) is 0. The predicted octanol–water partition coefficient (Wildman–Crippen LogP) is 1.78. The highest BCUT2D eigenvalue weighted by atomic mass is 16.5. The number of aromatic nitrogens is 1. The number of likely N-dealkylation sites (tertiary alicyclic amines) is 1. The quantitative estimate of drug-likeness (QED) is 0.810. The average Bonchev–Trinajstić information content (AvgIpc) is 2.86. The van der Waals surface area contributed by atoms with Gasteiger partial charge in [0.05, 0.1) is 13.2 Å². The molecule has 4 heteroatoms. The van der Waals surface area contributed by atoms with Crippen LogP contribution in [0.2, 0.25) is 0 Å². The minimum absolute atomic E-state index is 0.218. The third-order valence-electron chi connectivity index (χ3n) is 3.59. The summed E-state index contributed by atoms with van der Waals surface area (Å²) in [6, 6.07) is 1.94. The van der Waals surface area contributed by atoms with E-state index in [1.807, 2.05) is 19.9 Å². The molecule has 1 fully saturated rings. The van der Waals surface area contributed by atoms with E-state index in [-0.39, 0.29) is 5.78 Å². The first-order valence-electron chi connectivity index (χ1n) is 6.51. The lowest BCUT2D eigenvalue weighted by Crippen LogP contribution is -2.28. The molecular formula is C14H22N2O2. The molecule has 2 rings (SSSR count). The van der Waals surface area contributed by atoms with Crippen molar-refractivity contribution in [3.8, 4) is 0 Å². The van der Waals surface area contributed by atoms with E-state index in [1.165, 1.54) is 0 Å². The summed E-state index contributed by atoms with van der Waals surface area (Å²) in [5.41, 5.74) is 2.86. The van der Waals surface area contributed by atoms with Gasteiger partial charge in [0.15, 0.2) is 5.78 Å². The summed E-state index contributed by atoms with van der Waals surface area (Å²) in [7, 11) is 1.74. The lowest BCUT2D eigenvalue weighted by molar-refractivity contribution is 0.0936. The molecule has 1 aliphatic heterocycles. The first kappa shape index (κ1) is 13.3. The number of hydrogen-bond acceptors (Lipinski definition) is 3. The van der Waals surface area contributed by atoms with Gasteiger partial charge in [-0.25, -0.2) is 0 Å². The number of ether oxygens (including phenoxy) is 1. The molecule has 0 saturated carbocycles. The molecular weight excluding hydrogens is 228 g/mol. The van der Waals surface area contributed by atoms with Crippen LogP contribution in [0, 0.1) is 19.8 Å². The topological polar surface area (TPSA) is 45.3 Å². The number of nitrogens with one attached hydrogen (secondary N) is 1. The highest BCUT2D eigenvalue weighted by molar-refractivity contribution is 5.98. The largest absolute Gasteiger partial charge is 0.384 e. The van der Waals surface area contributed by atoms with Crippen LogP contribution in [0.25, 0.3) is 0 Å². The molecule has 1 N–H and O–H groups in total. The summed E-state index contributed by atoms with van der Waals surface area (Å²) in [5.74, 6) is 0.798. The van der Waals surface area contributed by atoms with E-state index in [4.69, 9.17) is 4.74 Å². The van der Waals surface area contributed by atoms with E-state index >= 15 is 0 Å². The number of carbonyl (C=O) groups is 1. The predicted molar refractivity (Wildman–Crippen MR) is 71.0 cm³/mol. The lowest BCUT2D eigenvalue weighted by atomic mass is 10.1. The van der Waals surface area contributed by atoms with Crippen molar-refractivity contribution in [2.75, 3.05) is 33.4 Å². The van der Waals surface area contributed by atoms with E-state index < -0.39 is 0 Å². The van der Waals surface area contributed by atoms with Crippen molar-refractivity contribution >= 4 is 5.78 Å². The summed E-state index contributed by atoms with van der Waals surface area (Å²) < 4.78 is 5.17. The standard InChI is InChI=1S/C14H22N2O2/c1-10-6-13(11(2)15-10)14(17)8-16-5-4-12(7-16)9-18-3/h6,12,15H,4-5,7-9H2,1-3H3. The van der Waals surface area contributed by atoms with Crippen LogP contribution in [0.1, 0.15) is 28.2 Å². The van der Waals surface area contributed by atoms with Gasteiger partial charge in [0.2, 0.25) is 0 Å². The zero-order chi connectivity index (χ0) is 13.1. The van der Waals surface area contributed by atoms with Gasteiger partial charge in [-0.05, 0) is 38.8 Å². The van der Waals surface area contributed by atoms with Crippen LogP contribution in [0.3, 0.4) is 0 Å². The molecule has 100 valence electrons. The molecule has 2 heterocycles. The van der Waals surface area contributed by atoms with Crippen LogP contribution >= 0.6 is 0 Å². The van der Waals surface area contributed by atoms with Gasteiger partial charge in [-0.2, -0.15) is 0 Å². The molecule has 1 unspecified atom stereocenters. The van der Waals surface area contributed by atoms with E-state index in [0.29, 0.717) is 12.5 Å². The van der Waals surface area contributed by atoms with Gasteiger partial charge < -0.3 is 9.72 Å². The molecule has 0 aromatic carbocycles.